The summed E-state index contributed by atoms with van der Waals surface area (Å²) in [5, 5.41) is 6.19. The van der Waals surface area contributed by atoms with Gasteiger partial charge >= 0.3 is 6.03 Å². The van der Waals surface area contributed by atoms with E-state index in [-0.39, 0.29) is 29.6 Å². The summed E-state index contributed by atoms with van der Waals surface area (Å²) in [6.07, 6.45) is 5.48. The Bertz CT molecular complexity index is 546. The largest absolute Gasteiger partial charge is 0.381 e. The topological polar surface area (TPSA) is 83.1 Å². The molecule has 2 unspecified atom stereocenters. The van der Waals surface area contributed by atoms with Crippen molar-refractivity contribution < 1.29 is 19.1 Å². The monoisotopic (exact) mass is 380 g/mol. The zero-order valence-corrected chi connectivity index (χ0v) is 16.1. The van der Waals surface area contributed by atoms with Crippen molar-refractivity contribution in [3.63, 3.8) is 0 Å². The Morgan fingerprint density at radius 3 is 2.59 bits per heavy atom. The van der Waals surface area contributed by atoms with Gasteiger partial charge in [0.2, 0.25) is 5.91 Å². The van der Waals surface area contributed by atoms with E-state index in [4.69, 9.17) is 9.47 Å². The summed E-state index contributed by atoms with van der Waals surface area (Å²) in [5.74, 6) is 0.180. The van der Waals surface area contributed by atoms with Crippen LogP contribution in [0, 0.1) is 0 Å². The summed E-state index contributed by atoms with van der Waals surface area (Å²) in [4.78, 5) is 29.2. The van der Waals surface area contributed by atoms with Crippen LogP contribution in [0.25, 0.3) is 0 Å². The number of nitrogens with zero attached hydrogens (tertiary/aromatic N) is 2. The molecule has 0 aromatic rings. The summed E-state index contributed by atoms with van der Waals surface area (Å²) in [7, 11) is 0. The summed E-state index contributed by atoms with van der Waals surface area (Å²) in [6.45, 7) is 6.20. The highest BCUT2D eigenvalue weighted by atomic mass is 16.5. The molecule has 8 nitrogen and oxygen atoms in total. The van der Waals surface area contributed by atoms with Crippen LogP contribution in [0.1, 0.15) is 38.5 Å². The lowest BCUT2D eigenvalue weighted by Gasteiger charge is -2.48. The van der Waals surface area contributed by atoms with E-state index in [0.717, 1.165) is 78.2 Å². The SMILES string of the molecule is O=C(NCC1(N2CCOCC2)CCOCC1)NC1CC(=O)N2CCCCC12. The minimum Gasteiger partial charge on any atom is -0.381 e. The summed E-state index contributed by atoms with van der Waals surface area (Å²) in [5.41, 5.74) is -0.0538. The average Bonchev–Trinajstić information content (AvgIpc) is 3.03. The molecule has 0 bridgehead atoms. The number of carbonyl (C=O) groups is 2. The van der Waals surface area contributed by atoms with Crippen molar-refractivity contribution in [2.24, 2.45) is 0 Å². The van der Waals surface area contributed by atoms with Gasteiger partial charge in [-0.1, -0.05) is 0 Å². The third-order valence-corrected chi connectivity index (χ3v) is 6.73. The van der Waals surface area contributed by atoms with Crippen molar-refractivity contribution in [1.29, 1.82) is 0 Å². The van der Waals surface area contributed by atoms with Crippen molar-refractivity contribution in [3.8, 4) is 0 Å². The predicted molar refractivity (Wildman–Crippen MR) is 99.5 cm³/mol. The molecule has 0 spiro atoms. The number of hydrogen-bond donors (Lipinski definition) is 2. The lowest BCUT2D eigenvalue weighted by Crippen LogP contribution is -2.62. The van der Waals surface area contributed by atoms with Gasteiger partial charge in [0.15, 0.2) is 0 Å². The van der Waals surface area contributed by atoms with Crippen LogP contribution in [0.5, 0.6) is 0 Å². The van der Waals surface area contributed by atoms with Crippen molar-refractivity contribution in [1.82, 2.24) is 20.4 Å². The van der Waals surface area contributed by atoms with E-state index < -0.39 is 0 Å². The Kier molecular flexibility index (Phi) is 5.85. The van der Waals surface area contributed by atoms with Crippen molar-refractivity contribution >= 4 is 11.9 Å². The second-order valence-electron chi connectivity index (χ2n) is 8.22. The lowest BCUT2D eigenvalue weighted by molar-refractivity contribution is -0.129. The molecule has 0 aromatic carbocycles. The standard InChI is InChI=1S/C19H32N4O4/c24-17-13-15(16-3-1-2-6-23(16)17)21-18(25)20-14-19(4-9-26-10-5-19)22-7-11-27-12-8-22/h15-16H,1-14H2,(H2,20,21,25). The first-order chi connectivity index (χ1) is 13.2. The molecule has 152 valence electrons. The molecular weight excluding hydrogens is 348 g/mol. The molecule has 2 atom stereocenters. The fraction of sp³-hybridized carbons (Fsp3) is 0.895. The molecule has 8 heteroatoms. The van der Waals surface area contributed by atoms with Crippen LogP contribution >= 0.6 is 0 Å². The maximum atomic E-state index is 12.6. The fourth-order valence-corrected chi connectivity index (χ4v) is 5.13. The normalized spacial score (nSPS) is 31.4. The third kappa shape index (κ3) is 4.07. The van der Waals surface area contributed by atoms with Crippen LogP contribution in [0.2, 0.25) is 0 Å². The van der Waals surface area contributed by atoms with E-state index in [0.29, 0.717) is 13.0 Å². The number of amides is 3. The molecule has 4 rings (SSSR count). The molecule has 0 saturated carbocycles. The second-order valence-corrected chi connectivity index (χ2v) is 8.22. The fourth-order valence-electron chi connectivity index (χ4n) is 5.13. The molecule has 4 saturated heterocycles. The van der Waals surface area contributed by atoms with Gasteiger partial charge in [0.25, 0.3) is 0 Å². The highest BCUT2D eigenvalue weighted by Crippen LogP contribution is 2.29. The highest BCUT2D eigenvalue weighted by Gasteiger charge is 2.42. The van der Waals surface area contributed by atoms with Crippen LogP contribution in [0.15, 0.2) is 0 Å². The van der Waals surface area contributed by atoms with Gasteiger partial charge in [-0.2, -0.15) is 0 Å². The molecule has 4 fully saturated rings. The van der Waals surface area contributed by atoms with Crippen molar-refractivity contribution in [2.75, 3.05) is 52.6 Å². The number of piperidine rings is 1. The molecule has 0 aliphatic carbocycles. The first kappa shape index (κ1) is 19.0. The zero-order chi connectivity index (χ0) is 18.7. The molecule has 27 heavy (non-hydrogen) atoms. The number of carbonyl (C=O) groups excluding carboxylic acids is 2. The number of ether oxygens (including phenoxy) is 2. The smallest absolute Gasteiger partial charge is 0.315 e. The van der Waals surface area contributed by atoms with Crippen LogP contribution in [0.4, 0.5) is 4.79 Å². The Hall–Kier alpha value is -1.38. The first-order valence-electron chi connectivity index (χ1n) is 10.4. The van der Waals surface area contributed by atoms with Crippen LogP contribution in [-0.2, 0) is 14.3 Å². The first-order valence-corrected chi connectivity index (χ1v) is 10.4. The van der Waals surface area contributed by atoms with E-state index >= 15 is 0 Å². The number of fused-ring (bicyclic) bond motifs is 1. The number of hydrogen-bond acceptors (Lipinski definition) is 5. The number of urea groups is 1. The summed E-state index contributed by atoms with van der Waals surface area (Å²) in [6, 6.07) is -0.0422. The van der Waals surface area contributed by atoms with Gasteiger partial charge in [0.05, 0.1) is 25.3 Å². The zero-order valence-electron chi connectivity index (χ0n) is 16.1. The van der Waals surface area contributed by atoms with Gasteiger partial charge in [-0.3, -0.25) is 9.69 Å². The maximum absolute atomic E-state index is 12.6. The second kappa shape index (κ2) is 8.32. The van der Waals surface area contributed by atoms with E-state index in [1.807, 2.05) is 4.90 Å². The van der Waals surface area contributed by atoms with Crippen molar-refractivity contribution in [3.05, 3.63) is 0 Å². The Morgan fingerprint density at radius 2 is 1.81 bits per heavy atom. The maximum Gasteiger partial charge on any atom is 0.315 e. The quantitative estimate of drug-likeness (QED) is 0.734. The van der Waals surface area contributed by atoms with E-state index in [1.165, 1.54) is 0 Å². The van der Waals surface area contributed by atoms with E-state index in [2.05, 4.69) is 15.5 Å². The van der Waals surface area contributed by atoms with E-state index in [1.54, 1.807) is 0 Å². The molecule has 4 aliphatic heterocycles. The molecule has 0 radical (unpaired) electrons. The average molecular weight is 380 g/mol. The summed E-state index contributed by atoms with van der Waals surface area (Å²) < 4.78 is 11.1. The van der Waals surface area contributed by atoms with Gasteiger partial charge in [-0.05, 0) is 32.1 Å². The van der Waals surface area contributed by atoms with Gasteiger partial charge in [-0.15, -0.1) is 0 Å². The molecule has 4 aliphatic rings. The van der Waals surface area contributed by atoms with Crippen LogP contribution in [-0.4, -0.2) is 92.0 Å². The van der Waals surface area contributed by atoms with Crippen molar-refractivity contribution in [2.45, 2.75) is 56.1 Å². The predicted octanol–water partition coefficient (Wildman–Crippen LogP) is 0.320. The van der Waals surface area contributed by atoms with Gasteiger partial charge < -0.3 is 25.0 Å². The summed E-state index contributed by atoms with van der Waals surface area (Å²) >= 11 is 0. The Labute approximate surface area is 160 Å². The Morgan fingerprint density at radius 1 is 1.07 bits per heavy atom. The highest BCUT2D eigenvalue weighted by molar-refractivity contribution is 5.82. The molecular formula is C19H32N4O4. The number of rotatable bonds is 4. The number of morpholine rings is 1. The van der Waals surface area contributed by atoms with E-state index in [9.17, 15) is 9.59 Å². The minimum absolute atomic E-state index is 0.0538. The van der Waals surface area contributed by atoms with Gasteiger partial charge in [0, 0.05) is 51.4 Å². The van der Waals surface area contributed by atoms with Gasteiger partial charge in [-0.25, -0.2) is 4.79 Å². The molecule has 4 heterocycles. The number of nitrogens with one attached hydrogen (secondary N) is 2. The molecule has 3 amide bonds. The molecule has 0 aromatic heterocycles. The van der Waals surface area contributed by atoms with Crippen LogP contribution < -0.4 is 10.6 Å². The van der Waals surface area contributed by atoms with Crippen LogP contribution in [0.3, 0.4) is 0 Å². The minimum atomic E-state index is -0.153. The third-order valence-electron chi connectivity index (χ3n) is 6.73. The lowest BCUT2D eigenvalue weighted by atomic mass is 9.87. The molecule has 2 N–H and O–H groups in total. The Balaban J connectivity index is 1.33. The van der Waals surface area contributed by atoms with Gasteiger partial charge in [0.1, 0.15) is 0 Å².